The molecular formula is C14H16N2O3. The van der Waals surface area contributed by atoms with Gasteiger partial charge >= 0.3 is 5.97 Å². The fourth-order valence-corrected chi connectivity index (χ4v) is 1.53. The van der Waals surface area contributed by atoms with Gasteiger partial charge in [0, 0.05) is 6.20 Å². The standard InChI is InChI=1S/C14H16N2O3/c1-10(2)9-19-13-5-3-12(4-6-13)16-8-11(7-15-16)14(17)18/h3-8,10H,9H2,1-2H3,(H,17,18). The van der Waals surface area contributed by atoms with Gasteiger partial charge in [-0.15, -0.1) is 0 Å². The lowest BCUT2D eigenvalue weighted by atomic mass is 10.2. The molecule has 0 aliphatic rings. The summed E-state index contributed by atoms with van der Waals surface area (Å²) >= 11 is 0. The third kappa shape index (κ3) is 3.34. The normalized spacial score (nSPS) is 10.7. The Hall–Kier alpha value is -2.30. The second-order valence-corrected chi connectivity index (χ2v) is 4.68. The number of hydrogen-bond acceptors (Lipinski definition) is 3. The van der Waals surface area contributed by atoms with Gasteiger partial charge in [-0.3, -0.25) is 0 Å². The summed E-state index contributed by atoms with van der Waals surface area (Å²) in [5.41, 5.74) is 0.963. The minimum Gasteiger partial charge on any atom is -0.493 e. The highest BCUT2D eigenvalue weighted by Crippen LogP contribution is 2.16. The molecule has 19 heavy (non-hydrogen) atoms. The molecule has 0 aliphatic heterocycles. The lowest BCUT2D eigenvalue weighted by molar-refractivity contribution is 0.0697. The highest BCUT2D eigenvalue weighted by Gasteiger charge is 2.07. The van der Waals surface area contributed by atoms with Crippen LogP contribution in [0.1, 0.15) is 24.2 Å². The summed E-state index contributed by atoms with van der Waals surface area (Å²) < 4.78 is 7.10. The molecule has 5 heteroatoms. The molecule has 100 valence electrons. The minimum atomic E-state index is -0.983. The van der Waals surface area contributed by atoms with Crippen LogP contribution in [0.5, 0.6) is 5.75 Å². The van der Waals surface area contributed by atoms with E-state index in [4.69, 9.17) is 9.84 Å². The van der Waals surface area contributed by atoms with Crippen LogP contribution in [0, 0.1) is 5.92 Å². The summed E-state index contributed by atoms with van der Waals surface area (Å²) in [4.78, 5) is 10.8. The number of aromatic nitrogens is 2. The van der Waals surface area contributed by atoms with E-state index in [0.29, 0.717) is 12.5 Å². The summed E-state index contributed by atoms with van der Waals surface area (Å²) in [6.45, 7) is 4.85. The van der Waals surface area contributed by atoms with Gasteiger partial charge < -0.3 is 9.84 Å². The Bertz CT molecular complexity index is 558. The predicted octanol–water partition coefficient (Wildman–Crippen LogP) is 2.61. The molecule has 0 atom stereocenters. The number of hydrogen-bond donors (Lipinski definition) is 1. The molecule has 0 spiro atoms. The number of benzene rings is 1. The van der Waals surface area contributed by atoms with E-state index >= 15 is 0 Å². The number of nitrogens with zero attached hydrogens (tertiary/aromatic N) is 2. The molecule has 0 saturated carbocycles. The lowest BCUT2D eigenvalue weighted by Gasteiger charge is -2.09. The smallest absolute Gasteiger partial charge is 0.338 e. The van der Waals surface area contributed by atoms with Crippen LogP contribution in [0.4, 0.5) is 0 Å². The Morgan fingerprint density at radius 1 is 1.37 bits per heavy atom. The quantitative estimate of drug-likeness (QED) is 0.897. The molecule has 1 aromatic carbocycles. The summed E-state index contributed by atoms with van der Waals surface area (Å²) in [6, 6.07) is 7.38. The Balaban J connectivity index is 2.10. The van der Waals surface area contributed by atoms with E-state index in [1.165, 1.54) is 17.1 Å². The van der Waals surface area contributed by atoms with Crippen molar-refractivity contribution in [1.29, 1.82) is 0 Å². The molecule has 5 nitrogen and oxygen atoms in total. The number of carboxylic acid groups (broad SMARTS) is 1. The molecule has 1 heterocycles. The molecule has 0 bridgehead atoms. The fraction of sp³-hybridized carbons (Fsp3) is 0.286. The molecule has 2 rings (SSSR count). The second-order valence-electron chi connectivity index (χ2n) is 4.68. The summed E-state index contributed by atoms with van der Waals surface area (Å²) in [6.07, 6.45) is 2.80. The second kappa shape index (κ2) is 5.56. The lowest BCUT2D eigenvalue weighted by Crippen LogP contribution is -2.04. The Kier molecular flexibility index (Phi) is 3.85. The van der Waals surface area contributed by atoms with Crippen LogP contribution in [0.15, 0.2) is 36.7 Å². The summed E-state index contributed by atoms with van der Waals surface area (Å²) in [5.74, 6) is 0.287. The van der Waals surface area contributed by atoms with Gasteiger partial charge in [-0.1, -0.05) is 13.8 Å². The summed E-state index contributed by atoms with van der Waals surface area (Å²) in [7, 11) is 0. The van der Waals surface area contributed by atoms with Gasteiger partial charge in [-0.25, -0.2) is 9.48 Å². The molecule has 1 N–H and O–H groups in total. The number of aromatic carboxylic acids is 1. The van der Waals surface area contributed by atoms with Crippen molar-refractivity contribution < 1.29 is 14.6 Å². The average Bonchev–Trinajstić information content (AvgIpc) is 2.86. The first-order chi connectivity index (χ1) is 9.06. The van der Waals surface area contributed by atoms with E-state index in [9.17, 15) is 4.79 Å². The molecule has 2 aromatic rings. The van der Waals surface area contributed by atoms with Crippen LogP contribution in [-0.2, 0) is 0 Å². The van der Waals surface area contributed by atoms with Crippen molar-refractivity contribution in [1.82, 2.24) is 9.78 Å². The zero-order chi connectivity index (χ0) is 13.8. The molecule has 1 aromatic heterocycles. The molecule has 0 fully saturated rings. The van der Waals surface area contributed by atoms with E-state index in [-0.39, 0.29) is 5.56 Å². The van der Waals surface area contributed by atoms with Crippen LogP contribution in [0.3, 0.4) is 0 Å². The van der Waals surface area contributed by atoms with Crippen molar-refractivity contribution in [2.24, 2.45) is 5.92 Å². The predicted molar refractivity (Wildman–Crippen MR) is 70.9 cm³/mol. The van der Waals surface area contributed by atoms with Gasteiger partial charge in [0.1, 0.15) is 5.75 Å². The summed E-state index contributed by atoms with van der Waals surface area (Å²) in [5, 5.41) is 12.8. The average molecular weight is 260 g/mol. The van der Waals surface area contributed by atoms with Crippen LogP contribution >= 0.6 is 0 Å². The van der Waals surface area contributed by atoms with Gasteiger partial charge in [0.05, 0.1) is 24.1 Å². The fourth-order valence-electron chi connectivity index (χ4n) is 1.53. The van der Waals surface area contributed by atoms with Gasteiger partial charge in [0.25, 0.3) is 0 Å². The minimum absolute atomic E-state index is 0.167. The first-order valence-corrected chi connectivity index (χ1v) is 6.07. The van der Waals surface area contributed by atoms with Crippen molar-refractivity contribution in [2.45, 2.75) is 13.8 Å². The maximum absolute atomic E-state index is 10.8. The molecule has 0 amide bonds. The topological polar surface area (TPSA) is 64.3 Å². The van der Waals surface area contributed by atoms with Crippen molar-refractivity contribution in [3.63, 3.8) is 0 Å². The molecule has 0 aliphatic carbocycles. The monoisotopic (exact) mass is 260 g/mol. The van der Waals surface area contributed by atoms with E-state index < -0.39 is 5.97 Å². The van der Waals surface area contributed by atoms with Crippen LogP contribution in [-0.4, -0.2) is 27.5 Å². The van der Waals surface area contributed by atoms with E-state index in [0.717, 1.165) is 11.4 Å². The number of carboxylic acids is 1. The first-order valence-electron chi connectivity index (χ1n) is 6.07. The van der Waals surface area contributed by atoms with Gasteiger partial charge in [0.2, 0.25) is 0 Å². The Morgan fingerprint density at radius 3 is 2.58 bits per heavy atom. The third-order valence-electron chi connectivity index (χ3n) is 2.51. The number of rotatable bonds is 5. The Labute approximate surface area is 111 Å². The highest BCUT2D eigenvalue weighted by molar-refractivity contribution is 5.86. The maximum atomic E-state index is 10.8. The van der Waals surface area contributed by atoms with Crippen molar-refractivity contribution in [2.75, 3.05) is 6.61 Å². The van der Waals surface area contributed by atoms with Crippen LogP contribution < -0.4 is 4.74 Å². The van der Waals surface area contributed by atoms with Crippen LogP contribution in [0.25, 0.3) is 5.69 Å². The molecule has 0 radical (unpaired) electrons. The zero-order valence-corrected chi connectivity index (χ0v) is 10.9. The van der Waals surface area contributed by atoms with E-state index in [1.807, 2.05) is 24.3 Å². The zero-order valence-electron chi connectivity index (χ0n) is 10.9. The maximum Gasteiger partial charge on any atom is 0.338 e. The van der Waals surface area contributed by atoms with Gasteiger partial charge in [-0.2, -0.15) is 5.10 Å². The van der Waals surface area contributed by atoms with E-state index in [2.05, 4.69) is 18.9 Å². The SMILES string of the molecule is CC(C)COc1ccc(-n2cc(C(=O)O)cn2)cc1. The van der Waals surface area contributed by atoms with Gasteiger partial charge in [-0.05, 0) is 30.2 Å². The van der Waals surface area contributed by atoms with Gasteiger partial charge in [0.15, 0.2) is 0 Å². The molecule has 0 saturated heterocycles. The van der Waals surface area contributed by atoms with E-state index in [1.54, 1.807) is 0 Å². The van der Waals surface area contributed by atoms with Crippen LogP contribution in [0.2, 0.25) is 0 Å². The third-order valence-corrected chi connectivity index (χ3v) is 2.51. The first kappa shape index (κ1) is 13.1. The van der Waals surface area contributed by atoms with Crippen molar-refractivity contribution >= 4 is 5.97 Å². The largest absolute Gasteiger partial charge is 0.493 e. The van der Waals surface area contributed by atoms with Crippen molar-refractivity contribution in [3.05, 3.63) is 42.2 Å². The number of carbonyl (C=O) groups is 1. The van der Waals surface area contributed by atoms with Crippen molar-refractivity contribution in [3.8, 4) is 11.4 Å². The Morgan fingerprint density at radius 2 is 2.05 bits per heavy atom. The highest BCUT2D eigenvalue weighted by atomic mass is 16.5. The number of ether oxygens (including phenoxy) is 1. The molecular weight excluding hydrogens is 244 g/mol. The molecule has 0 unspecified atom stereocenters.